The van der Waals surface area contributed by atoms with E-state index in [2.05, 4.69) is 20.5 Å². The van der Waals surface area contributed by atoms with Crippen molar-refractivity contribution in [2.45, 2.75) is 24.7 Å². The van der Waals surface area contributed by atoms with Crippen LogP contribution in [0, 0.1) is 6.92 Å². The van der Waals surface area contributed by atoms with Crippen molar-refractivity contribution >= 4 is 15.7 Å². The molecule has 0 aliphatic rings. The van der Waals surface area contributed by atoms with E-state index in [1.54, 1.807) is 18.3 Å². The Morgan fingerprint density at radius 1 is 1.40 bits per heavy atom. The molecule has 0 aromatic carbocycles. The summed E-state index contributed by atoms with van der Waals surface area (Å²) in [7, 11) is -3.26. The quantitative estimate of drug-likeness (QED) is 0.789. The van der Waals surface area contributed by atoms with Crippen LogP contribution in [0.1, 0.15) is 17.7 Å². The molecular formula is C13H18N4O2S. The number of anilines is 1. The van der Waals surface area contributed by atoms with Crippen molar-refractivity contribution in [2.24, 2.45) is 0 Å². The Morgan fingerprint density at radius 2 is 2.20 bits per heavy atom. The zero-order valence-corrected chi connectivity index (χ0v) is 12.4. The summed E-state index contributed by atoms with van der Waals surface area (Å²) in [6.07, 6.45) is 6.34. The van der Waals surface area contributed by atoms with E-state index in [1.165, 1.54) is 11.8 Å². The van der Waals surface area contributed by atoms with E-state index in [0.29, 0.717) is 12.4 Å². The fourth-order valence-corrected chi connectivity index (χ4v) is 2.74. The summed E-state index contributed by atoms with van der Waals surface area (Å²) < 4.78 is 23.3. The second-order valence-electron chi connectivity index (χ2n) is 4.67. The van der Waals surface area contributed by atoms with Crippen molar-refractivity contribution in [1.82, 2.24) is 15.2 Å². The molecule has 20 heavy (non-hydrogen) atoms. The van der Waals surface area contributed by atoms with E-state index < -0.39 is 9.84 Å². The van der Waals surface area contributed by atoms with Crippen LogP contribution in [0.3, 0.4) is 0 Å². The molecule has 2 aromatic heterocycles. The van der Waals surface area contributed by atoms with E-state index in [9.17, 15) is 8.42 Å². The summed E-state index contributed by atoms with van der Waals surface area (Å²) in [5.41, 5.74) is 2.25. The van der Waals surface area contributed by atoms with Gasteiger partial charge in [0.15, 0.2) is 9.84 Å². The molecule has 0 fully saturated rings. The second kappa shape index (κ2) is 6.04. The Bertz CT molecular complexity index is 679. The minimum atomic E-state index is -3.26. The molecule has 0 aliphatic carbocycles. The van der Waals surface area contributed by atoms with Crippen LogP contribution in [-0.4, -0.2) is 36.4 Å². The first-order chi connectivity index (χ1) is 9.48. The van der Waals surface area contributed by atoms with E-state index in [1.807, 2.05) is 13.1 Å². The fourth-order valence-electron chi connectivity index (χ4n) is 1.94. The number of aromatic amines is 1. The summed E-state index contributed by atoms with van der Waals surface area (Å²) in [5, 5.41) is 9.94. The standard InChI is InChI=1S/C13H18N4O2S/c1-10-11(9-16-17-10)5-3-7-14-13-12(20(2,18)19)6-4-8-15-13/h4,6,8-9H,3,5,7H2,1-2H3,(H,14,15)(H,16,17). The van der Waals surface area contributed by atoms with Crippen LogP contribution in [0.2, 0.25) is 0 Å². The Balaban J connectivity index is 1.94. The summed E-state index contributed by atoms with van der Waals surface area (Å²) in [5.74, 6) is 0.416. The van der Waals surface area contributed by atoms with Crippen molar-refractivity contribution in [1.29, 1.82) is 0 Å². The van der Waals surface area contributed by atoms with Gasteiger partial charge in [0.05, 0.1) is 6.20 Å². The van der Waals surface area contributed by atoms with Crippen LogP contribution < -0.4 is 5.32 Å². The van der Waals surface area contributed by atoms with Crippen LogP contribution >= 0.6 is 0 Å². The highest BCUT2D eigenvalue weighted by molar-refractivity contribution is 7.90. The van der Waals surface area contributed by atoms with Gasteiger partial charge in [-0.1, -0.05) is 0 Å². The summed E-state index contributed by atoms with van der Waals surface area (Å²) in [4.78, 5) is 4.32. The second-order valence-corrected chi connectivity index (χ2v) is 6.66. The number of hydrogen-bond donors (Lipinski definition) is 2. The number of aromatic nitrogens is 3. The van der Waals surface area contributed by atoms with Crippen molar-refractivity contribution in [3.05, 3.63) is 35.8 Å². The Hall–Kier alpha value is -1.89. The summed E-state index contributed by atoms with van der Waals surface area (Å²) in [6, 6.07) is 3.18. The largest absolute Gasteiger partial charge is 0.369 e. The van der Waals surface area contributed by atoms with Gasteiger partial charge in [0.2, 0.25) is 0 Å². The third-order valence-electron chi connectivity index (χ3n) is 3.02. The highest BCUT2D eigenvalue weighted by Gasteiger charge is 2.13. The van der Waals surface area contributed by atoms with Gasteiger partial charge in [-0.25, -0.2) is 13.4 Å². The van der Waals surface area contributed by atoms with E-state index in [-0.39, 0.29) is 4.90 Å². The lowest BCUT2D eigenvalue weighted by Crippen LogP contribution is -2.09. The molecule has 0 amide bonds. The minimum Gasteiger partial charge on any atom is -0.369 e. The lowest BCUT2D eigenvalue weighted by Gasteiger charge is -2.09. The molecule has 0 spiro atoms. The maximum absolute atomic E-state index is 11.6. The molecule has 0 atom stereocenters. The Labute approximate surface area is 118 Å². The van der Waals surface area contributed by atoms with Gasteiger partial charge >= 0.3 is 0 Å². The first kappa shape index (κ1) is 14.5. The number of nitrogens with one attached hydrogen (secondary N) is 2. The Kier molecular flexibility index (Phi) is 4.39. The van der Waals surface area contributed by atoms with Gasteiger partial charge in [0.1, 0.15) is 10.7 Å². The lowest BCUT2D eigenvalue weighted by atomic mass is 10.1. The number of H-pyrrole nitrogens is 1. The molecule has 2 N–H and O–H groups in total. The van der Waals surface area contributed by atoms with E-state index >= 15 is 0 Å². The zero-order valence-electron chi connectivity index (χ0n) is 11.5. The van der Waals surface area contributed by atoms with Gasteiger partial charge in [-0.15, -0.1) is 0 Å². The minimum absolute atomic E-state index is 0.236. The maximum Gasteiger partial charge on any atom is 0.179 e. The number of pyridine rings is 1. The van der Waals surface area contributed by atoms with Crippen molar-refractivity contribution in [3.8, 4) is 0 Å². The molecular weight excluding hydrogens is 276 g/mol. The molecule has 0 saturated heterocycles. The first-order valence-corrected chi connectivity index (χ1v) is 8.25. The van der Waals surface area contributed by atoms with Crippen molar-refractivity contribution in [2.75, 3.05) is 18.1 Å². The number of aryl methyl sites for hydroxylation is 2. The van der Waals surface area contributed by atoms with Gasteiger partial charge in [-0.3, -0.25) is 5.10 Å². The fraction of sp³-hybridized carbons (Fsp3) is 0.385. The third kappa shape index (κ3) is 3.57. The van der Waals surface area contributed by atoms with Crippen LogP contribution in [-0.2, 0) is 16.3 Å². The van der Waals surface area contributed by atoms with Gasteiger partial charge in [0.25, 0.3) is 0 Å². The molecule has 0 radical (unpaired) electrons. The predicted octanol–water partition coefficient (Wildman–Crippen LogP) is 1.56. The monoisotopic (exact) mass is 294 g/mol. The van der Waals surface area contributed by atoms with Crippen LogP contribution in [0.25, 0.3) is 0 Å². The number of sulfone groups is 1. The van der Waals surface area contributed by atoms with Gasteiger partial charge < -0.3 is 5.32 Å². The summed E-state index contributed by atoms with van der Waals surface area (Å²) in [6.45, 7) is 2.64. The van der Waals surface area contributed by atoms with Crippen LogP contribution in [0.5, 0.6) is 0 Å². The van der Waals surface area contributed by atoms with Gasteiger partial charge in [-0.2, -0.15) is 5.10 Å². The maximum atomic E-state index is 11.6. The Morgan fingerprint density at radius 3 is 2.85 bits per heavy atom. The average molecular weight is 294 g/mol. The molecule has 2 rings (SSSR count). The number of nitrogens with zero attached hydrogens (tertiary/aromatic N) is 2. The first-order valence-electron chi connectivity index (χ1n) is 6.36. The van der Waals surface area contributed by atoms with Crippen LogP contribution in [0.4, 0.5) is 5.82 Å². The molecule has 0 unspecified atom stereocenters. The van der Waals surface area contributed by atoms with E-state index in [4.69, 9.17) is 0 Å². The average Bonchev–Trinajstić information content (AvgIpc) is 2.80. The molecule has 108 valence electrons. The number of hydrogen-bond acceptors (Lipinski definition) is 5. The van der Waals surface area contributed by atoms with Gasteiger partial charge in [-0.05, 0) is 37.5 Å². The molecule has 0 bridgehead atoms. The van der Waals surface area contributed by atoms with Crippen LogP contribution in [0.15, 0.2) is 29.4 Å². The van der Waals surface area contributed by atoms with Crippen molar-refractivity contribution in [3.63, 3.8) is 0 Å². The predicted molar refractivity (Wildman–Crippen MR) is 77.5 cm³/mol. The molecule has 2 aromatic rings. The third-order valence-corrected chi connectivity index (χ3v) is 4.15. The normalized spacial score (nSPS) is 11.5. The smallest absolute Gasteiger partial charge is 0.179 e. The molecule has 0 aliphatic heterocycles. The SMILES string of the molecule is Cc1[nH]ncc1CCCNc1ncccc1S(C)(=O)=O. The molecule has 6 nitrogen and oxygen atoms in total. The lowest BCUT2D eigenvalue weighted by molar-refractivity contribution is 0.601. The molecule has 2 heterocycles. The van der Waals surface area contributed by atoms with E-state index in [0.717, 1.165) is 18.5 Å². The highest BCUT2D eigenvalue weighted by atomic mass is 32.2. The number of rotatable bonds is 6. The molecule has 0 saturated carbocycles. The topological polar surface area (TPSA) is 87.7 Å². The van der Waals surface area contributed by atoms with Gasteiger partial charge in [0, 0.05) is 24.7 Å². The zero-order chi connectivity index (χ0) is 14.6. The summed E-state index contributed by atoms with van der Waals surface area (Å²) >= 11 is 0. The molecule has 7 heteroatoms. The highest BCUT2D eigenvalue weighted by Crippen LogP contribution is 2.17. The van der Waals surface area contributed by atoms with Crippen molar-refractivity contribution < 1.29 is 8.42 Å².